The molecule has 4 heterocycles. The number of H-pyrrole nitrogens is 1. The lowest BCUT2D eigenvalue weighted by Crippen LogP contribution is -2.54. The zero-order valence-electron chi connectivity index (χ0n) is 28.0. The molecular formula is C37H39FN6O6. The topological polar surface area (TPSA) is 170 Å². The van der Waals surface area contributed by atoms with E-state index in [1.165, 1.54) is 18.2 Å². The molecule has 1 saturated heterocycles. The summed E-state index contributed by atoms with van der Waals surface area (Å²) in [5.41, 5.74) is 4.96. The lowest BCUT2D eigenvalue weighted by molar-refractivity contribution is -0.136. The normalized spacial score (nSPS) is 17.6. The first kappa shape index (κ1) is 34.3. The van der Waals surface area contributed by atoms with E-state index in [1.807, 2.05) is 6.92 Å². The van der Waals surface area contributed by atoms with Crippen molar-refractivity contribution in [3.05, 3.63) is 81.4 Å². The molecule has 50 heavy (non-hydrogen) atoms. The van der Waals surface area contributed by atoms with E-state index in [-0.39, 0.29) is 35.8 Å². The summed E-state index contributed by atoms with van der Waals surface area (Å²) in [6.45, 7) is 4.75. The first-order valence-corrected chi connectivity index (χ1v) is 16.9. The number of fused-ring (bicyclic) bond motifs is 2. The summed E-state index contributed by atoms with van der Waals surface area (Å²) < 4.78 is 13.8. The molecule has 3 aliphatic rings. The summed E-state index contributed by atoms with van der Waals surface area (Å²) in [5.74, 6) is -3.06. The number of aryl methyl sites for hydroxylation is 1. The monoisotopic (exact) mass is 682 g/mol. The maximum Gasteiger partial charge on any atom is 0.264 e. The van der Waals surface area contributed by atoms with Crippen LogP contribution in [0.4, 0.5) is 15.8 Å². The Hall–Kier alpha value is -5.59. The number of nitrogens with zero attached hydrogens (tertiary/aromatic N) is 1. The molecule has 6 rings (SSSR count). The molecule has 3 aromatic rings. The molecule has 12 nitrogen and oxygen atoms in total. The van der Waals surface area contributed by atoms with E-state index < -0.39 is 35.5 Å². The van der Waals surface area contributed by atoms with Crippen molar-refractivity contribution < 1.29 is 33.2 Å². The number of imide groups is 2. The standard InChI is InChI=1S/C37H39FN6O6/c1-20-28(19-25-24-18-22(38)12-13-26(24)42-33(25)46)41-21(2)31(20)35(48)40-17-8-6-4-3-5-7-16-39-27-11-9-10-23-32(27)37(50)44(36(23)49)29-14-15-30(45)43-34(29)47/h9-13,18-19,29,39,41H,3-8,14-17H2,1-2H3,(H,40,48)(H,42,46)(H,43,45,47)/b25-19-. The van der Waals surface area contributed by atoms with E-state index >= 15 is 0 Å². The molecule has 1 atom stereocenters. The molecule has 2 aromatic carbocycles. The van der Waals surface area contributed by atoms with Crippen LogP contribution < -0.4 is 21.3 Å². The largest absolute Gasteiger partial charge is 0.384 e. The number of piperidine rings is 1. The van der Waals surface area contributed by atoms with Crippen molar-refractivity contribution in [1.29, 1.82) is 0 Å². The number of unbranched alkanes of at least 4 members (excludes halogenated alkanes) is 5. The molecule has 0 spiro atoms. The van der Waals surface area contributed by atoms with Gasteiger partial charge in [-0.2, -0.15) is 0 Å². The fourth-order valence-electron chi connectivity index (χ4n) is 6.84. The van der Waals surface area contributed by atoms with E-state index in [2.05, 4.69) is 26.3 Å². The highest BCUT2D eigenvalue weighted by Gasteiger charge is 2.45. The summed E-state index contributed by atoms with van der Waals surface area (Å²) in [6.07, 6.45) is 7.40. The highest BCUT2D eigenvalue weighted by molar-refractivity contribution is 6.35. The minimum absolute atomic E-state index is 0.0706. The maximum absolute atomic E-state index is 13.8. The number of rotatable bonds is 13. The van der Waals surface area contributed by atoms with Crippen molar-refractivity contribution in [1.82, 2.24) is 20.5 Å². The molecule has 1 unspecified atom stereocenters. The first-order valence-electron chi connectivity index (χ1n) is 16.9. The van der Waals surface area contributed by atoms with E-state index in [0.717, 1.165) is 43.4 Å². The van der Waals surface area contributed by atoms with Gasteiger partial charge in [-0.25, -0.2) is 4.39 Å². The molecule has 0 radical (unpaired) electrons. The van der Waals surface area contributed by atoms with Crippen LogP contribution in [0.1, 0.15) is 105 Å². The minimum atomic E-state index is -1.00. The Morgan fingerprint density at radius 3 is 2.42 bits per heavy atom. The lowest BCUT2D eigenvalue weighted by Gasteiger charge is -2.27. The smallest absolute Gasteiger partial charge is 0.264 e. The van der Waals surface area contributed by atoms with Gasteiger partial charge in [0.1, 0.15) is 11.9 Å². The Kier molecular flexibility index (Phi) is 9.93. The molecular weight excluding hydrogens is 643 g/mol. The number of hydrogen-bond acceptors (Lipinski definition) is 7. The van der Waals surface area contributed by atoms with Crippen LogP contribution in [0.5, 0.6) is 0 Å². The number of hydrogen-bond donors (Lipinski definition) is 5. The predicted molar refractivity (Wildman–Crippen MR) is 185 cm³/mol. The van der Waals surface area contributed by atoms with E-state index in [9.17, 15) is 33.2 Å². The Morgan fingerprint density at radius 2 is 1.66 bits per heavy atom. The average molecular weight is 683 g/mol. The summed E-state index contributed by atoms with van der Waals surface area (Å²) in [5, 5.41) is 11.2. The van der Waals surface area contributed by atoms with Crippen LogP contribution in [0, 0.1) is 19.7 Å². The molecule has 0 aliphatic carbocycles. The minimum Gasteiger partial charge on any atom is -0.384 e. The third-order valence-electron chi connectivity index (χ3n) is 9.43. The lowest BCUT2D eigenvalue weighted by atomic mass is 10.0. The summed E-state index contributed by atoms with van der Waals surface area (Å²) >= 11 is 0. The van der Waals surface area contributed by atoms with Crippen molar-refractivity contribution in [3.63, 3.8) is 0 Å². The molecule has 260 valence electrons. The highest BCUT2D eigenvalue weighted by atomic mass is 19.1. The second-order valence-corrected chi connectivity index (χ2v) is 12.8. The predicted octanol–water partition coefficient (Wildman–Crippen LogP) is 4.85. The van der Waals surface area contributed by atoms with Gasteiger partial charge in [0.15, 0.2) is 0 Å². The molecule has 13 heteroatoms. The van der Waals surface area contributed by atoms with E-state index in [4.69, 9.17) is 0 Å². The van der Waals surface area contributed by atoms with Gasteiger partial charge in [-0.3, -0.25) is 39.0 Å². The SMILES string of the molecule is Cc1[nH]c(/C=C2\C(=O)Nc3ccc(F)cc32)c(C)c1C(=O)NCCCCCCCCNc1cccc2c1C(=O)N(C1CCC(=O)NC1=O)C2=O. The van der Waals surface area contributed by atoms with Gasteiger partial charge in [0.05, 0.1) is 22.3 Å². The number of carbonyl (C=O) groups is 6. The molecule has 6 amide bonds. The number of benzene rings is 2. The van der Waals surface area contributed by atoms with Crippen LogP contribution in [-0.4, -0.2) is 64.5 Å². The summed E-state index contributed by atoms with van der Waals surface area (Å²) in [4.78, 5) is 79.9. The average Bonchev–Trinajstić information content (AvgIpc) is 3.64. The number of nitrogens with one attached hydrogen (secondary N) is 5. The van der Waals surface area contributed by atoms with Crippen LogP contribution >= 0.6 is 0 Å². The number of carbonyl (C=O) groups excluding carboxylic acids is 6. The first-order chi connectivity index (χ1) is 24.0. The van der Waals surface area contributed by atoms with Gasteiger partial charge in [-0.05, 0) is 75.1 Å². The van der Waals surface area contributed by atoms with Crippen molar-refractivity contribution >= 4 is 58.5 Å². The van der Waals surface area contributed by atoms with E-state index in [1.54, 1.807) is 31.2 Å². The van der Waals surface area contributed by atoms with Gasteiger partial charge in [-0.1, -0.05) is 31.7 Å². The molecule has 0 bridgehead atoms. The Bertz CT molecular complexity index is 1950. The quantitative estimate of drug-likeness (QED) is 0.0976. The van der Waals surface area contributed by atoms with Crippen LogP contribution in [0.25, 0.3) is 11.6 Å². The zero-order valence-corrected chi connectivity index (χ0v) is 28.0. The molecule has 3 aliphatic heterocycles. The van der Waals surface area contributed by atoms with Crippen LogP contribution in [-0.2, 0) is 14.4 Å². The zero-order chi connectivity index (χ0) is 35.5. The number of halogens is 1. The van der Waals surface area contributed by atoms with Gasteiger partial charge in [0.2, 0.25) is 11.8 Å². The van der Waals surface area contributed by atoms with Crippen LogP contribution in [0.2, 0.25) is 0 Å². The van der Waals surface area contributed by atoms with Crippen molar-refractivity contribution in [2.45, 2.75) is 71.3 Å². The summed E-state index contributed by atoms with van der Waals surface area (Å²) in [6, 6.07) is 8.16. The molecule has 1 aromatic heterocycles. The fourth-order valence-corrected chi connectivity index (χ4v) is 6.84. The van der Waals surface area contributed by atoms with Gasteiger partial charge in [0, 0.05) is 47.8 Å². The molecule has 5 N–H and O–H groups in total. The third-order valence-corrected chi connectivity index (χ3v) is 9.43. The maximum atomic E-state index is 13.8. The Labute approximate surface area is 288 Å². The van der Waals surface area contributed by atoms with Crippen molar-refractivity contribution in [2.75, 3.05) is 23.7 Å². The fraction of sp³-hybridized carbons (Fsp3) is 0.351. The number of amides is 6. The van der Waals surface area contributed by atoms with Gasteiger partial charge >= 0.3 is 0 Å². The van der Waals surface area contributed by atoms with Crippen LogP contribution in [0.3, 0.4) is 0 Å². The van der Waals surface area contributed by atoms with Crippen molar-refractivity contribution in [2.24, 2.45) is 0 Å². The van der Waals surface area contributed by atoms with Crippen LogP contribution in [0.15, 0.2) is 36.4 Å². The molecule has 1 fully saturated rings. The third kappa shape index (κ3) is 6.80. The van der Waals surface area contributed by atoms with Crippen molar-refractivity contribution in [3.8, 4) is 0 Å². The van der Waals surface area contributed by atoms with E-state index in [0.29, 0.717) is 58.1 Å². The number of aromatic amines is 1. The Balaban J connectivity index is 0.910. The Morgan fingerprint density at radius 1 is 0.920 bits per heavy atom. The van der Waals surface area contributed by atoms with Gasteiger partial charge in [0.25, 0.3) is 23.6 Å². The molecule has 0 saturated carbocycles. The number of anilines is 2. The van der Waals surface area contributed by atoms with Gasteiger partial charge < -0.3 is 20.9 Å². The highest BCUT2D eigenvalue weighted by Crippen LogP contribution is 2.35. The van der Waals surface area contributed by atoms with Gasteiger partial charge in [-0.15, -0.1) is 0 Å². The second-order valence-electron chi connectivity index (χ2n) is 12.8. The second kappa shape index (κ2) is 14.5. The number of aromatic nitrogens is 1. The summed E-state index contributed by atoms with van der Waals surface area (Å²) in [7, 11) is 0.